The van der Waals surface area contributed by atoms with E-state index in [1.54, 1.807) is 12.1 Å². The minimum absolute atomic E-state index is 0.0991. The second-order valence-electron chi connectivity index (χ2n) is 5.52. The van der Waals surface area contributed by atoms with E-state index in [0.717, 1.165) is 5.56 Å². The van der Waals surface area contributed by atoms with E-state index in [-0.39, 0.29) is 29.8 Å². The van der Waals surface area contributed by atoms with Gasteiger partial charge >= 0.3 is 0 Å². The molecule has 0 aliphatic carbocycles. The highest BCUT2D eigenvalue weighted by atomic mass is 35.5. The Hall–Kier alpha value is -1.89. The molecular weight excluding hydrogens is 360 g/mol. The first kappa shape index (κ1) is 19.4. The highest BCUT2D eigenvalue weighted by molar-refractivity contribution is 7.89. The van der Waals surface area contributed by atoms with Gasteiger partial charge in [0.15, 0.2) is 0 Å². The number of halogens is 1. The fourth-order valence-corrected chi connectivity index (χ4v) is 3.80. The Morgan fingerprint density at radius 2 is 1.80 bits per heavy atom. The van der Waals surface area contributed by atoms with Gasteiger partial charge in [-0.3, -0.25) is 4.79 Å². The quantitative estimate of drug-likeness (QED) is 0.691. The molecule has 0 bridgehead atoms. The fraction of sp³-hybridized carbons (Fsp3) is 0.278. The number of hydrogen-bond donors (Lipinski definition) is 2. The second kappa shape index (κ2) is 8.99. The van der Waals surface area contributed by atoms with Crippen molar-refractivity contribution in [2.45, 2.75) is 24.2 Å². The standard InChI is InChI=1S/C18H21ClN2O3S/c1-2-17(14-7-4-3-5-8-14)18(22)20-11-12-21-25(23,24)16-10-6-9-15(19)13-16/h3-10,13,17,21H,2,11-12H2,1H3,(H,20,22). The van der Waals surface area contributed by atoms with Crippen molar-refractivity contribution in [2.24, 2.45) is 0 Å². The Morgan fingerprint density at radius 1 is 1.08 bits per heavy atom. The van der Waals surface area contributed by atoms with E-state index < -0.39 is 10.0 Å². The van der Waals surface area contributed by atoms with Crippen LogP contribution in [0.3, 0.4) is 0 Å². The van der Waals surface area contributed by atoms with E-state index in [4.69, 9.17) is 11.6 Å². The number of amides is 1. The maximum atomic E-state index is 12.3. The normalized spacial score (nSPS) is 12.6. The van der Waals surface area contributed by atoms with Crippen molar-refractivity contribution in [2.75, 3.05) is 13.1 Å². The van der Waals surface area contributed by atoms with Crippen LogP contribution in [0.15, 0.2) is 59.5 Å². The molecule has 0 aliphatic rings. The van der Waals surface area contributed by atoms with Crippen LogP contribution in [-0.4, -0.2) is 27.4 Å². The molecule has 0 heterocycles. The zero-order valence-electron chi connectivity index (χ0n) is 13.9. The van der Waals surface area contributed by atoms with Gasteiger partial charge in [-0.25, -0.2) is 13.1 Å². The molecule has 5 nitrogen and oxygen atoms in total. The van der Waals surface area contributed by atoms with Crippen LogP contribution in [0.2, 0.25) is 5.02 Å². The van der Waals surface area contributed by atoms with Gasteiger partial charge in [-0.15, -0.1) is 0 Å². The molecule has 7 heteroatoms. The van der Waals surface area contributed by atoms with Crippen LogP contribution in [0.1, 0.15) is 24.8 Å². The largest absolute Gasteiger partial charge is 0.354 e. The summed E-state index contributed by atoms with van der Waals surface area (Å²) in [6, 6.07) is 15.5. The predicted octanol–water partition coefficient (Wildman–Crippen LogP) is 2.93. The third-order valence-corrected chi connectivity index (χ3v) is 5.44. The SMILES string of the molecule is CCC(C(=O)NCCNS(=O)(=O)c1cccc(Cl)c1)c1ccccc1. The molecule has 0 aromatic heterocycles. The number of hydrogen-bond acceptors (Lipinski definition) is 3. The first-order chi connectivity index (χ1) is 11.9. The topological polar surface area (TPSA) is 75.3 Å². The third-order valence-electron chi connectivity index (χ3n) is 3.75. The molecule has 25 heavy (non-hydrogen) atoms. The summed E-state index contributed by atoms with van der Waals surface area (Å²) in [4.78, 5) is 12.4. The lowest BCUT2D eigenvalue weighted by Crippen LogP contribution is -2.36. The lowest BCUT2D eigenvalue weighted by atomic mass is 9.96. The van der Waals surface area contributed by atoms with Crippen LogP contribution >= 0.6 is 11.6 Å². The summed E-state index contributed by atoms with van der Waals surface area (Å²) in [5.74, 6) is -0.360. The van der Waals surface area contributed by atoms with Crippen molar-refractivity contribution in [3.05, 3.63) is 65.2 Å². The number of benzene rings is 2. The van der Waals surface area contributed by atoms with E-state index >= 15 is 0 Å². The average Bonchev–Trinajstić information content (AvgIpc) is 2.60. The van der Waals surface area contributed by atoms with Crippen molar-refractivity contribution >= 4 is 27.5 Å². The summed E-state index contributed by atoms with van der Waals surface area (Å²) in [6.07, 6.45) is 0.671. The molecule has 0 radical (unpaired) electrons. The molecule has 0 saturated carbocycles. The van der Waals surface area contributed by atoms with Crippen molar-refractivity contribution in [1.82, 2.24) is 10.0 Å². The maximum absolute atomic E-state index is 12.3. The summed E-state index contributed by atoms with van der Waals surface area (Å²) in [5, 5.41) is 3.13. The molecule has 1 unspecified atom stereocenters. The van der Waals surface area contributed by atoms with Gasteiger partial charge in [-0.1, -0.05) is 54.9 Å². The number of nitrogens with one attached hydrogen (secondary N) is 2. The molecule has 2 rings (SSSR count). The first-order valence-electron chi connectivity index (χ1n) is 8.02. The Bertz CT molecular complexity index is 810. The van der Waals surface area contributed by atoms with E-state index in [1.807, 2.05) is 37.3 Å². The molecule has 2 aromatic carbocycles. The van der Waals surface area contributed by atoms with Gasteiger partial charge in [-0.2, -0.15) is 0 Å². The van der Waals surface area contributed by atoms with Gasteiger partial charge in [0.05, 0.1) is 10.8 Å². The zero-order chi connectivity index (χ0) is 18.3. The lowest BCUT2D eigenvalue weighted by Gasteiger charge is -2.15. The van der Waals surface area contributed by atoms with Crippen molar-refractivity contribution in [3.8, 4) is 0 Å². The van der Waals surface area contributed by atoms with Crippen LogP contribution in [0.25, 0.3) is 0 Å². The minimum atomic E-state index is -3.64. The summed E-state index contributed by atoms with van der Waals surface area (Å²) in [7, 11) is -3.64. The molecule has 2 aromatic rings. The molecule has 0 spiro atoms. The molecule has 0 fully saturated rings. The van der Waals surface area contributed by atoms with Crippen LogP contribution in [0, 0.1) is 0 Å². The minimum Gasteiger partial charge on any atom is -0.354 e. The molecule has 1 atom stereocenters. The Kier molecular flexibility index (Phi) is 6.99. The highest BCUT2D eigenvalue weighted by Gasteiger charge is 2.18. The monoisotopic (exact) mass is 380 g/mol. The van der Waals surface area contributed by atoms with E-state index in [2.05, 4.69) is 10.0 Å². The van der Waals surface area contributed by atoms with E-state index in [9.17, 15) is 13.2 Å². The van der Waals surface area contributed by atoms with Crippen LogP contribution < -0.4 is 10.0 Å². The summed E-state index contributed by atoms with van der Waals surface area (Å²) in [6.45, 7) is 2.26. The average molecular weight is 381 g/mol. The molecule has 0 saturated heterocycles. The van der Waals surface area contributed by atoms with Gasteiger partial charge in [0.25, 0.3) is 0 Å². The number of carbonyl (C=O) groups is 1. The third kappa shape index (κ3) is 5.56. The van der Waals surface area contributed by atoms with Crippen LogP contribution in [-0.2, 0) is 14.8 Å². The second-order valence-corrected chi connectivity index (χ2v) is 7.72. The summed E-state index contributed by atoms with van der Waals surface area (Å²) in [5.41, 5.74) is 0.946. The van der Waals surface area contributed by atoms with Gasteiger partial charge in [-0.05, 0) is 30.2 Å². The summed E-state index contributed by atoms with van der Waals surface area (Å²) < 4.78 is 26.8. The Morgan fingerprint density at radius 3 is 2.44 bits per heavy atom. The van der Waals surface area contributed by atoms with Gasteiger partial charge in [0.2, 0.25) is 15.9 Å². The van der Waals surface area contributed by atoms with Gasteiger partial charge < -0.3 is 5.32 Å². The predicted molar refractivity (Wildman–Crippen MR) is 99.1 cm³/mol. The van der Waals surface area contributed by atoms with E-state index in [1.165, 1.54) is 12.1 Å². The zero-order valence-corrected chi connectivity index (χ0v) is 15.5. The Balaban J connectivity index is 1.87. The highest BCUT2D eigenvalue weighted by Crippen LogP contribution is 2.19. The number of sulfonamides is 1. The molecule has 0 aliphatic heterocycles. The molecule has 134 valence electrons. The number of carbonyl (C=O) groups excluding carboxylic acids is 1. The Labute approximate surface area is 153 Å². The molecule has 1 amide bonds. The van der Waals surface area contributed by atoms with Crippen LogP contribution in [0.5, 0.6) is 0 Å². The first-order valence-corrected chi connectivity index (χ1v) is 9.88. The van der Waals surface area contributed by atoms with Crippen LogP contribution in [0.4, 0.5) is 0 Å². The van der Waals surface area contributed by atoms with Gasteiger partial charge in [0, 0.05) is 18.1 Å². The van der Waals surface area contributed by atoms with E-state index in [0.29, 0.717) is 11.4 Å². The van der Waals surface area contributed by atoms with Crippen molar-refractivity contribution < 1.29 is 13.2 Å². The molecule has 2 N–H and O–H groups in total. The maximum Gasteiger partial charge on any atom is 0.240 e. The van der Waals surface area contributed by atoms with Crippen molar-refractivity contribution in [1.29, 1.82) is 0 Å². The summed E-state index contributed by atoms with van der Waals surface area (Å²) >= 11 is 5.81. The fourth-order valence-electron chi connectivity index (χ4n) is 2.47. The number of rotatable bonds is 8. The smallest absolute Gasteiger partial charge is 0.240 e. The molecular formula is C18H21ClN2O3S. The van der Waals surface area contributed by atoms with Crippen molar-refractivity contribution in [3.63, 3.8) is 0 Å². The lowest BCUT2D eigenvalue weighted by molar-refractivity contribution is -0.122. The van der Waals surface area contributed by atoms with Gasteiger partial charge in [0.1, 0.15) is 0 Å².